The molecule has 84 valence electrons. The fourth-order valence-corrected chi connectivity index (χ4v) is 1.35. The molecule has 0 atom stereocenters. The van der Waals surface area contributed by atoms with Gasteiger partial charge in [-0.1, -0.05) is 19.9 Å². The normalized spacial score (nSPS) is 10.7. The van der Waals surface area contributed by atoms with Crippen LogP contribution in [0.2, 0.25) is 0 Å². The molecule has 0 amide bonds. The summed E-state index contributed by atoms with van der Waals surface area (Å²) < 4.78 is 5.31. The van der Waals surface area contributed by atoms with E-state index in [9.17, 15) is 0 Å². The van der Waals surface area contributed by atoms with Crippen molar-refractivity contribution in [1.29, 1.82) is 0 Å². The summed E-state index contributed by atoms with van der Waals surface area (Å²) in [5.74, 6) is 0.361. The quantitative estimate of drug-likeness (QED) is 0.775. The molecule has 0 saturated carbocycles. The van der Waals surface area contributed by atoms with Crippen LogP contribution in [-0.4, -0.2) is 4.98 Å². The number of rotatable bonds is 3. The molecule has 2 aromatic rings. The number of nitrogen functional groups attached to an aromatic ring is 1. The second-order valence-corrected chi connectivity index (χ2v) is 3.98. The Morgan fingerprint density at radius 2 is 2.19 bits per heavy atom. The first-order valence-corrected chi connectivity index (χ1v) is 5.23. The molecule has 0 bridgehead atoms. The van der Waals surface area contributed by atoms with Crippen LogP contribution in [-0.2, 0) is 0 Å². The van der Waals surface area contributed by atoms with Crippen molar-refractivity contribution in [3.05, 3.63) is 36.2 Å². The molecule has 0 aliphatic carbocycles. The van der Waals surface area contributed by atoms with Crippen LogP contribution in [0.3, 0.4) is 0 Å². The highest BCUT2D eigenvalue weighted by molar-refractivity contribution is 5.58. The van der Waals surface area contributed by atoms with Crippen molar-refractivity contribution < 1.29 is 4.42 Å². The van der Waals surface area contributed by atoms with E-state index in [2.05, 4.69) is 24.1 Å². The molecule has 0 spiro atoms. The lowest BCUT2D eigenvalue weighted by Crippen LogP contribution is -1.93. The van der Waals surface area contributed by atoms with Crippen LogP contribution in [0.4, 0.5) is 17.4 Å². The van der Waals surface area contributed by atoms with Crippen molar-refractivity contribution in [2.75, 3.05) is 11.1 Å². The molecule has 1 aromatic heterocycles. The maximum Gasteiger partial charge on any atom is 0.299 e. The van der Waals surface area contributed by atoms with Crippen molar-refractivity contribution in [2.45, 2.75) is 19.8 Å². The summed E-state index contributed by atoms with van der Waals surface area (Å²) in [4.78, 5) is 4.32. The van der Waals surface area contributed by atoms with E-state index in [1.54, 1.807) is 6.26 Å². The number of hydrogen-bond acceptors (Lipinski definition) is 4. The van der Waals surface area contributed by atoms with Gasteiger partial charge in [-0.15, -0.1) is 0 Å². The summed E-state index contributed by atoms with van der Waals surface area (Å²) in [7, 11) is 0. The molecular formula is C12H15N3O. The Morgan fingerprint density at radius 3 is 2.81 bits per heavy atom. The van der Waals surface area contributed by atoms with Gasteiger partial charge in [-0.05, 0) is 24.1 Å². The Hall–Kier alpha value is -1.97. The minimum Gasteiger partial charge on any atom is -0.432 e. The SMILES string of the molecule is CC(C)c1coc(Nc2cccc(N)c2)n1. The Morgan fingerprint density at radius 1 is 1.38 bits per heavy atom. The Bertz CT molecular complexity index is 477. The average Bonchev–Trinajstić information content (AvgIpc) is 2.66. The van der Waals surface area contributed by atoms with E-state index in [4.69, 9.17) is 10.2 Å². The first kappa shape index (κ1) is 10.5. The minimum absolute atomic E-state index is 0.361. The fourth-order valence-electron chi connectivity index (χ4n) is 1.35. The predicted octanol–water partition coefficient (Wildman–Crippen LogP) is 3.12. The van der Waals surface area contributed by atoms with E-state index in [-0.39, 0.29) is 0 Å². The summed E-state index contributed by atoms with van der Waals surface area (Å²) in [5, 5.41) is 3.06. The van der Waals surface area contributed by atoms with Crippen LogP contribution >= 0.6 is 0 Å². The zero-order chi connectivity index (χ0) is 11.5. The standard InChI is InChI=1S/C12H15N3O/c1-8(2)11-7-16-12(15-11)14-10-5-3-4-9(13)6-10/h3-8H,13H2,1-2H3,(H,14,15). The molecule has 3 N–H and O–H groups in total. The van der Waals surface area contributed by atoms with Gasteiger partial charge >= 0.3 is 0 Å². The van der Waals surface area contributed by atoms with Gasteiger partial charge in [-0.2, -0.15) is 4.98 Å². The van der Waals surface area contributed by atoms with Crippen LogP contribution in [0.15, 0.2) is 34.9 Å². The minimum atomic E-state index is 0.361. The van der Waals surface area contributed by atoms with E-state index in [1.165, 1.54) is 0 Å². The Balaban J connectivity index is 2.14. The molecule has 4 heteroatoms. The number of aromatic nitrogens is 1. The van der Waals surface area contributed by atoms with E-state index in [0.717, 1.165) is 11.4 Å². The lowest BCUT2D eigenvalue weighted by atomic mass is 10.2. The molecule has 16 heavy (non-hydrogen) atoms. The largest absolute Gasteiger partial charge is 0.432 e. The van der Waals surface area contributed by atoms with E-state index in [0.29, 0.717) is 17.6 Å². The topological polar surface area (TPSA) is 64.1 Å². The van der Waals surface area contributed by atoms with Crippen molar-refractivity contribution in [3.8, 4) is 0 Å². The molecule has 0 fully saturated rings. The molecule has 1 heterocycles. The van der Waals surface area contributed by atoms with Gasteiger partial charge in [0, 0.05) is 11.4 Å². The number of oxazole rings is 1. The number of hydrogen-bond donors (Lipinski definition) is 2. The summed E-state index contributed by atoms with van der Waals surface area (Å²) in [6.07, 6.45) is 1.67. The third-order valence-corrected chi connectivity index (χ3v) is 2.25. The maximum absolute atomic E-state index is 5.67. The molecule has 2 rings (SSSR count). The first-order valence-electron chi connectivity index (χ1n) is 5.23. The lowest BCUT2D eigenvalue weighted by molar-refractivity contribution is 0.574. The van der Waals surface area contributed by atoms with E-state index in [1.807, 2.05) is 24.3 Å². The zero-order valence-corrected chi connectivity index (χ0v) is 9.40. The molecule has 0 aliphatic rings. The summed E-state index contributed by atoms with van der Waals surface area (Å²) in [6.45, 7) is 4.14. The zero-order valence-electron chi connectivity index (χ0n) is 9.40. The second kappa shape index (κ2) is 4.26. The van der Waals surface area contributed by atoms with Crippen molar-refractivity contribution >= 4 is 17.4 Å². The van der Waals surface area contributed by atoms with E-state index >= 15 is 0 Å². The monoisotopic (exact) mass is 217 g/mol. The van der Waals surface area contributed by atoms with Gasteiger partial charge in [-0.25, -0.2) is 0 Å². The van der Waals surface area contributed by atoms with Crippen LogP contribution in [0.1, 0.15) is 25.5 Å². The predicted molar refractivity (Wildman–Crippen MR) is 64.7 cm³/mol. The molecular weight excluding hydrogens is 202 g/mol. The number of anilines is 3. The van der Waals surface area contributed by atoms with Gasteiger partial charge in [0.1, 0.15) is 6.26 Å². The summed E-state index contributed by atoms with van der Waals surface area (Å²) >= 11 is 0. The third kappa shape index (κ3) is 2.34. The molecule has 0 radical (unpaired) electrons. The highest BCUT2D eigenvalue weighted by atomic mass is 16.4. The highest BCUT2D eigenvalue weighted by Gasteiger charge is 2.07. The van der Waals surface area contributed by atoms with Gasteiger partial charge in [0.05, 0.1) is 5.69 Å². The van der Waals surface area contributed by atoms with Gasteiger partial charge in [0.25, 0.3) is 6.01 Å². The second-order valence-electron chi connectivity index (χ2n) is 3.98. The number of nitrogens with one attached hydrogen (secondary N) is 1. The average molecular weight is 217 g/mol. The number of nitrogens with two attached hydrogens (primary N) is 1. The number of benzene rings is 1. The van der Waals surface area contributed by atoms with Crippen molar-refractivity contribution in [2.24, 2.45) is 0 Å². The fraction of sp³-hybridized carbons (Fsp3) is 0.250. The smallest absolute Gasteiger partial charge is 0.299 e. The van der Waals surface area contributed by atoms with Crippen LogP contribution in [0, 0.1) is 0 Å². The maximum atomic E-state index is 5.67. The van der Waals surface area contributed by atoms with Gasteiger partial charge < -0.3 is 15.5 Å². The van der Waals surface area contributed by atoms with Gasteiger partial charge in [-0.3, -0.25) is 0 Å². The highest BCUT2D eigenvalue weighted by Crippen LogP contribution is 2.20. The van der Waals surface area contributed by atoms with Crippen molar-refractivity contribution in [3.63, 3.8) is 0 Å². The molecule has 0 unspecified atom stereocenters. The third-order valence-electron chi connectivity index (χ3n) is 2.25. The summed E-state index contributed by atoms with van der Waals surface area (Å²) in [5.41, 5.74) is 8.19. The van der Waals surface area contributed by atoms with Crippen LogP contribution < -0.4 is 11.1 Å². The number of nitrogens with zero attached hydrogens (tertiary/aromatic N) is 1. The van der Waals surface area contributed by atoms with E-state index < -0.39 is 0 Å². The molecule has 4 nitrogen and oxygen atoms in total. The molecule has 0 saturated heterocycles. The van der Waals surface area contributed by atoms with Crippen molar-refractivity contribution in [1.82, 2.24) is 4.98 Å². The Kier molecular flexibility index (Phi) is 2.81. The van der Waals surface area contributed by atoms with Crippen LogP contribution in [0.5, 0.6) is 0 Å². The van der Waals surface area contributed by atoms with Crippen LogP contribution in [0.25, 0.3) is 0 Å². The first-order chi connectivity index (χ1) is 7.65. The summed E-state index contributed by atoms with van der Waals surface area (Å²) in [6, 6.07) is 7.95. The van der Waals surface area contributed by atoms with Gasteiger partial charge in [0.15, 0.2) is 0 Å². The Labute approximate surface area is 94.5 Å². The lowest BCUT2D eigenvalue weighted by Gasteiger charge is -2.02. The molecule has 1 aromatic carbocycles. The molecule has 0 aliphatic heterocycles. The van der Waals surface area contributed by atoms with Gasteiger partial charge in [0.2, 0.25) is 0 Å².